The number of rotatable bonds is 5. The first-order valence-electron chi connectivity index (χ1n) is 9.32. The molecule has 0 fully saturated rings. The molecule has 4 aromatic rings. The minimum absolute atomic E-state index is 0.331. The molecule has 0 atom stereocenters. The Hall–Kier alpha value is -3.43. The molecule has 0 amide bonds. The van der Waals surface area contributed by atoms with Crippen molar-refractivity contribution in [3.8, 4) is 16.6 Å². The Morgan fingerprint density at radius 2 is 2.03 bits per heavy atom. The normalized spacial score (nSPS) is 10.8. The third-order valence-electron chi connectivity index (χ3n) is 4.70. The van der Waals surface area contributed by atoms with Crippen LogP contribution in [-0.4, -0.2) is 22.1 Å². The van der Waals surface area contributed by atoms with Gasteiger partial charge in [0.15, 0.2) is 0 Å². The number of thiazole rings is 1. The zero-order valence-corrected chi connectivity index (χ0v) is 17.0. The van der Waals surface area contributed by atoms with Gasteiger partial charge in [0.25, 0.3) is 0 Å². The Morgan fingerprint density at radius 3 is 2.76 bits per heavy atom. The van der Waals surface area contributed by atoms with E-state index in [0.29, 0.717) is 29.3 Å². The van der Waals surface area contributed by atoms with Crippen molar-refractivity contribution in [1.29, 1.82) is 5.26 Å². The van der Waals surface area contributed by atoms with Gasteiger partial charge in [0.1, 0.15) is 16.0 Å². The molecule has 0 aliphatic heterocycles. The number of hydrogen-bond donors (Lipinski definition) is 0. The molecule has 0 aliphatic rings. The average molecular weight is 401 g/mol. The van der Waals surface area contributed by atoms with Crippen molar-refractivity contribution in [2.75, 3.05) is 6.61 Å². The number of benzene rings is 2. The zero-order chi connectivity index (χ0) is 20.4. The summed E-state index contributed by atoms with van der Waals surface area (Å²) in [5, 5.41) is 11.2. The van der Waals surface area contributed by atoms with Crippen molar-refractivity contribution < 1.29 is 9.53 Å². The molecule has 0 saturated carbocycles. The Balaban J connectivity index is 1.74. The van der Waals surface area contributed by atoms with E-state index in [2.05, 4.69) is 27.8 Å². The van der Waals surface area contributed by atoms with Gasteiger partial charge < -0.3 is 9.30 Å². The van der Waals surface area contributed by atoms with Gasteiger partial charge in [-0.1, -0.05) is 30.3 Å². The smallest absolute Gasteiger partial charge is 0.350 e. The van der Waals surface area contributed by atoms with Gasteiger partial charge in [-0.05, 0) is 37.6 Å². The molecule has 2 aromatic heterocycles. The van der Waals surface area contributed by atoms with Crippen molar-refractivity contribution in [3.05, 3.63) is 76.4 Å². The maximum atomic E-state index is 12.1. The van der Waals surface area contributed by atoms with Crippen LogP contribution in [0.1, 0.15) is 33.4 Å². The van der Waals surface area contributed by atoms with Crippen molar-refractivity contribution in [2.24, 2.45) is 0 Å². The second-order valence-corrected chi connectivity index (χ2v) is 7.65. The van der Waals surface area contributed by atoms with Crippen LogP contribution in [0.3, 0.4) is 0 Å². The van der Waals surface area contributed by atoms with Crippen LogP contribution in [0.25, 0.3) is 21.5 Å². The van der Waals surface area contributed by atoms with Crippen LogP contribution in [0.2, 0.25) is 0 Å². The molecule has 5 nitrogen and oxygen atoms in total. The number of nitrogens with zero attached hydrogens (tertiary/aromatic N) is 3. The van der Waals surface area contributed by atoms with E-state index in [1.807, 2.05) is 49.5 Å². The summed E-state index contributed by atoms with van der Waals surface area (Å²) in [7, 11) is 0. The first kappa shape index (κ1) is 18.9. The summed E-state index contributed by atoms with van der Waals surface area (Å²) < 4.78 is 7.20. The van der Waals surface area contributed by atoms with E-state index in [4.69, 9.17) is 4.74 Å². The van der Waals surface area contributed by atoms with E-state index in [-0.39, 0.29) is 5.97 Å². The molecule has 0 unspecified atom stereocenters. The third kappa shape index (κ3) is 3.65. The number of carbonyl (C=O) groups excluding carboxylic acids is 1. The van der Waals surface area contributed by atoms with E-state index in [9.17, 15) is 10.1 Å². The molecule has 0 bridgehead atoms. The topological polar surface area (TPSA) is 67.9 Å². The van der Waals surface area contributed by atoms with Crippen LogP contribution in [0, 0.1) is 18.3 Å². The summed E-state index contributed by atoms with van der Waals surface area (Å²) in [6.45, 7) is 4.62. The van der Waals surface area contributed by atoms with Gasteiger partial charge in [-0.2, -0.15) is 5.26 Å². The highest BCUT2D eigenvalue weighted by Gasteiger charge is 2.18. The Kier molecular flexibility index (Phi) is 5.15. The summed E-state index contributed by atoms with van der Waals surface area (Å²) in [6.07, 6.45) is 1.89. The van der Waals surface area contributed by atoms with Gasteiger partial charge >= 0.3 is 5.97 Å². The fourth-order valence-corrected chi connectivity index (χ4v) is 4.29. The van der Waals surface area contributed by atoms with E-state index in [1.54, 1.807) is 6.92 Å². The standard InChI is InChI=1S/C23H19N3O2S/c1-3-28-23(27)21-15(2)25-22(29-21)17-9-10-20-19(11-17)18(12-24)14-26(20)13-16-7-5-4-6-8-16/h4-11,14H,3,13H2,1-2H3. The molecule has 0 saturated heterocycles. The number of aromatic nitrogens is 2. The lowest BCUT2D eigenvalue weighted by Gasteiger charge is -2.06. The number of fused-ring (bicyclic) bond motifs is 1. The van der Waals surface area contributed by atoms with Crippen molar-refractivity contribution in [1.82, 2.24) is 9.55 Å². The predicted molar refractivity (Wildman–Crippen MR) is 114 cm³/mol. The molecule has 144 valence electrons. The first-order chi connectivity index (χ1) is 14.1. The molecule has 4 rings (SSSR count). The highest BCUT2D eigenvalue weighted by molar-refractivity contribution is 7.17. The first-order valence-corrected chi connectivity index (χ1v) is 10.1. The summed E-state index contributed by atoms with van der Waals surface area (Å²) in [4.78, 5) is 17.2. The Labute approximate surface area is 172 Å². The average Bonchev–Trinajstić information content (AvgIpc) is 3.29. The van der Waals surface area contributed by atoms with E-state index < -0.39 is 0 Å². The van der Waals surface area contributed by atoms with Gasteiger partial charge in [0.2, 0.25) is 0 Å². The molecular weight excluding hydrogens is 382 g/mol. The van der Waals surface area contributed by atoms with Gasteiger partial charge in [-0.3, -0.25) is 0 Å². The van der Waals surface area contributed by atoms with Gasteiger partial charge in [0, 0.05) is 29.2 Å². The lowest BCUT2D eigenvalue weighted by atomic mass is 10.1. The fraction of sp³-hybridized carbons (Fsp3) is 0.174. The number of esters is 1. The maximum absolute atomic E-state index is 12.1. The lowest BCUT2D eigenvalue weighted by Crippen LogP contribution is -2.03. The highest BCUT2D eigenvalue weighted by Crippen LogP contribution is 2.32. The Morgan fingerprint density at radius 1 is 1.24 bits per heavy atom. The molecular formula is C23H19N3O2S. The van der Waals surface area contributed by atoms with Crippen LogP contribution in [-0.2, 0) is 11.3 Å². The molecule has 29 heavy (non-hydrogen) atoms. The van der Waals surface area contributed by atoms with Crippen LogP contribution >= 0.6 is 11.3 Å². The SMILES string of the molecule is CCOC(=O)c1sc(-c2ccc3c(c2)c(C#N)cn3Cc2ccccc2)nc1C. The molecule has 0 aliphatic carbocycles. The molecule has 0 spiro atoms. The van der Waals surface area contributed by atoms with Gasteiger partial charge in [-0.15, -0.1) is 11.3 Å². The minimum Gasteiger partial charge on any atom is -0.462 e. The monoisotopic (exact) mass is 401 g/mol. The summed E-state index contributed by atoms with van der Waals surface area (Å²) >= 11 is 1.32. The summed E-state index contributed by atoms with van der Waals surface area (Å²) in [5.74, 6) is -0.346. The highest BCUT2D eigenvalue weighted by atomic mass is 32.1. The number of aryl methyl sites for hydroxylation is 1. The van der Waals surface area contributed by atoms with Crippen molar-refractivity contribution >= 4 is 28.2 Å². The maximum Gasteiger partial charge on any atom is 0.350 e. The summed E-state index contributed by atoms with van der Waals surface area (Å²) in [6, 6.07) is 18.4. The largest absolute Gasteiger partial charge is 0.462 e. The fourth-order valence-electron chi connectivity index (χ4n) is 3.34. The zero-order valence-electron chi connectivity index (χ0n) is 16.2. The molecule has 6 heteroatoms. The summed E-state index contributed by atoms with van der Waals surface area (Å²) in [5.41, 5.74) is 4.33. The van der Waals surface area contributed by atoms with Gasteiger partial charge in [0.05, 0.1) is 17.9 Å². The molecule has 0 N–H and O–H groups in total. The molecule has 2 heterocycles. The minimum atomic E-state index is -0.346. The third-order valence-corrected chi connectivity index (χ3v) is 5.89. The number of carbonyl (C=O) groups is 1. The van der Waals surface area contributed by atoms with Crippen LogP contribution < -0.4 is 0 Å². The second-order valence-electron chi connectivity index (χ2n) is 6.65. The predicted octanol–water partition coefficient (Wildman–Crippen LogP) is 5.17. The van der Waals surface area contributed by atoms with Gasteiger partial charge in [-0.25, -0.2) is 9.78 Å². The molecule has 0 radical (unpaired) electrons. The van der Waals surface area contributed by atoms with E-state index in [1.165, 1.54) is 16.9 Å². The number of ether oxygens (including phenoxy) is 1. The van der Waals surface area contributed by atoms with Crippen LogP contribution in [0.15, 0.2) is 54.7 Å². The quantitative estimate of drug-likeness (QED) is 0.433. The Bertz CT molecular complexity index is 1230. The number of hydrogen-bond acceptors (Lipinski definition) is 5. The molecule has 2 aromatic carbocycles. The van der Waals surface area contributed by atoms with Crippen LogP contribution in [0.5, 0.6) is 0 Å². The van der Waals surface area contributed by atoms with Crippen LogP contribution in [0.4, 0.5) is 0 Å². The van der Waals surface area contributed by atoms with Crippen molar-refractivity contribution in [2.45, 2.75) is 20.4 Å². The number of nitriles is 1. The van der Waals surface area contributed by atoms with Crippen molar-refractivity contribution in [3.63, 3.8) is 0 Å². The van der Waals surface area contributed by atoms with E-state index in [0.717, 1.165) is 21.5 Å². The lowest BCUT2D eigenvalue weighted by molar-refractivity contribution is 0.0531. The van der Waals surface area contributed by atoms with E-state index >= 15 is 0 Å². The second kappa shape index (κ2) is 7.90.